The van der Waals surface area contributed by atoms with Crippen molar-refractivity contribution in [2.24, 2.45) is 11.1 Å². The predicted octanol–water partition coefficient (Wildman–Crippen LogP) is 2.56. The fourth-order valence-electron chi connectivity index (χ4n) is 5.66. The van der Waals surface area contributed by atoms with Crippen molar-refractivity contribution in [1.29, 1.82) is 0 Å². The van der Waals surface area contributed by atoms with Gasteiger partial charge in [-0.3, -0.25) is 9.69 Å². The van der Waals surface area contributed by atoms with Crippen LogP contribution in [-0.4, -0.2) is 68.9 Å². The summed E-state index contributed by atoms with van der Waals surface area (Å²) in [6.07, 6.45) is 6.20. The number of aromatic nitrogens is 2. The molecular formula is C26H33N5O3. The lowest BCUT2D eigenvalue weighted by atomic mass is 9.71. The van der Waals surface area contributed by atoms with Crippen LogP contribution in [0.15, 0.2) is 42.7 Å². The molecule has 5 rings (SSSR count). The molecule has 8 nitrogen and oxygen atoms in total. The SMILES string of the molecule is CC(C)(O)CN1CC2(CCN(c3ccnc4c3ccn4Cc3ccc(C(N)=O)c(O)c3)CC2)C1. The van der Waals surface area contributed by atoms with Gasteiger partial charge in [-0.05, 0) is 61.9 Å². The van der Waals surface area contributed by atoms with Crippen LogP contribution < -0.4 is 10.6 Å². The number of nitrogens with zero attached hydrogens (tertiary/aromatic N) is 4. The van der Waals surface area contributed by atoms with Gasteiger partial charge in [0, 0.05) is 62.7 Å². The number of fused-ring (bicyclic) bond motifs is 1. The molecule has 1 amide bonds. The number of carbonyl (C=O) groups excluding carboxylic acids is 1. The molecule has 2 aromatic heterocycles. The first-order valence-electron chi connectivity index (χ1n) is 11.9. The Hall–Kier alpha value is -3.10. The summed E-state index contributed by atoms with van der Waals surface area (Å²) in [6, 6.07) is 9.15. The zero-order chi connectivity index (χ0) is 24.1. The molecule has 34 heavy (non-hydrogen) atoms. The minimum Gasteiger partial charge on any atom is -0.507 e. The third-order valence-electron chi connectivity index (χ3n) is 7.21. The molecule has 2 fully saturated rings. The molecule has 8 heteroatoms. The number of phenols is 1. The molecule has 0 bridgehead atoms. The number of pyridine rings is 1. The summed E-state index contributed by atoms with van der Waals surface area (Å²) in [7, 11) is 0. The van der Waals surface area contributed by atoms with E-state index in [0.29, 0.717) is 12.0 Å². The Morgan fingerprint density at radius 1 is 1.18 bits per heavy atom. The molecular weight excluding hydrogens is 430 g/mol. The van der Waals surface area contributed by atoms with Gasteiger partial charge in [0.25, 0.3) is 5.91 Å². The third kappa shape index (κ3) is 4.35. The van der Waals surface area contributed by atoms with Crippen molar-refractivity contribution < 1.29 is 15.0 Å². The van der Waals surface area contributed by atoms with Crippen LogP contribution in [-0.2, 0) is 6.54 Å². The minimum absolute atomic E-state index is 0.102. The highest BCUT2D eigenvalue weighted by molar-refractivity contribution is 5.95. The van der Waals surface area contributed by atoms with E-state index in [1.54, 1.807) is 18.2 Å². The van der Waals surface area contributed by atoms with Gasteiger partial charge in [0.15, 0.2) is 0 Å². The van der Waals surface area contributed by atoms with Crippen molar-refractivity contribution in [1.82, 2.24) is 14.5 Å². The van der Waals surface area contributed by atoms with Crippen molar-refractivity contribution in [3.63, 3.8) is 0 Å². The maximum absolute atomic E-state index is 11.4. The van der Waals surface area contributed by atoms with Crippen LogP contribution in [0.2, 0.25) is 0 Å². The fraction of sp³-hybridized carbons (Fsp3) is 0.462. The summed E-state index contributed by atoms with van der Waals surface area (Å²) in [5, 5.41) is 21.3. The monoisotopic (exact) mass is 463 g/mol. The highest BCUT2D eigenvalue weighted by Gasteiger charge is 2.45. The molecule has 0 aliphatic carbocycles. The summed E-state index contributed by atoms with van der Waals surface area (Å²) >= 11 is 0. The highest BCUT2D eigenvalue weighted by Crippen LogP contribution is 2.42. The first-order valence-corrected chi connectivity index (χ1v) is 11.9. The summed E-state index contributed by atoms with van der Waals surface area (Å²) in [6.45, 7) is 9.21. The van der Waals surface area contributed by atoms with E-state index in [1.165, 1.54) is 5.69 Å². The lowest BCUT2D eigenvalue weighted by Gasteiger charge is -2.55. The highest BCUT2D eigenvalue weighted by atomic mass is 16.3. The van der Waals surface area contributed by atoms with E-state index in [0.717, 1.165) is 62.2 Å². The smallest absolute Gasteiger partial charge is 0.252 e. The van der Waals surface area contributed by atoms with Gasteiger partial charge in [0.05, 0.1) is 11.2 Å². The van der Waals surface area contributed by atoms with E-state index in [9.17, 15) is 15.0 Å². The summed E-state index contributed by atoms with van der Waals surface area (Å²) in [5.74, 6) is -0.744. The average Bonchev–Trinajstić information content (AvgIpc) is 3.15. The summed E-state index contributed by atoms with van der Waals surface area (Å²) < 4.78 is 2.06. The lowest BCUT2D eigenvalue weighted by Crippen LogP contribution is -2.62. The molecule has 4 heterocycles. The molecule has 0 saturated carbocycles. The number of aromatic hydroxyl groups is 1. The molecule has 1 spiro atoms. The van der Waals surface area contributed by atoms with Crippen LogP contribution >= 0.6 is 0 Å². The van der Waals surface area contributed by atoms with Crippen molar-refractivity contribution in [2.75, 3.05) is 37.6 Å². The van der Waals surface area contributed by atoms with Crippen LogP contribution in [0.4, 0.5) is 5.69 Å². The zero-order valence-electron chi connectivity index (χ0n) is 19.9. The molecule has 0 unspecified atom stereocenters. The number of anilines is 1. The number of hydrogen-bond donors (Lipinski definition) is 3. The van der Waals surface area contributed by atoms with Crippen LogP contribution in [0.1, 0.15) is 42.6 Å². The fourth-order valence-corrected chi connectivity index (χ4v) is 5.66. The number of amides is 1. The van der Waals surface area contributed by atoms with E-state index in [1.807, 2.05) is 26.2 Å². The van der Waals surface area contributed by atoms with Crippen molar-refractivity contribution in [3.05, 3.63) is 53.9 Å². The number of nitrogens with two attached hydrogens (primary N) is 1. The molecule has 0 atom stereocenters. The van der Waals surface area contributed by atoms with Gasteiger partial charge in [0.2, 0.25) is 0 Å². The molecule has 4 N–H and O–H groups in total. The van der Waals surface area contributed by atoms with Gasteiger partial charge in [0.1, 0.15) is 11.4 Å². The number of hydrogen-bond acceptors (Lipinski definition) is 6. The Morgan fingerprint density at radius 2 is 1.91 bits per heavy atom. The molecule has 2 saturated heterocycles. The molecule has 3 aromatic rings. The first-order chi connectivity index (χ1) is 16.1. The molecule has 2 aliphatic rings. The maximum atomic E-state index is 11.4. The van der Waals surface area contributed by atoms with E-state index in [2.05, 4.69) is 31.5 Å². The van der Waals surface area contributed by atoms with Crippen molar-refractivity contribution >= 4 is 22.6 Å². The third-order valence-corrected chi connectivity index (χ3v) is 7.21. The second-order valence-corrected chi connectivity index (χ2v) is 10.7. The van der Waals surface area contributed by atoms with Crippen LogP contribution in [0, 0.1) is 5.41 Å². The van der Waals surface area contributed by atoms with Crippen molar-refractivity contribution in [2.45, 2.75) is 38.8 Å². The van der Waals surface area contributed by atoms with Crippen LogP contribution in [0.5, 0.6) is 5.75 Å². The Kier molecular flexibility index (Phi) is 5.53. The zero-order valence-corrected chi connectivity index (χ0v) is 19.9. The molecule has 180 valence electrons. The molecule has 2 aliphatic heterocycles. The van der Waals surface area contributed by atoms with Gasteiger partial charge in [-0.1, -0.05) is 6.07 Å². The quantitative estimate of drug-likeness (QED) is 0.519. The number of benzene rings is 1. The summed E-state index contributed by atoms with van der Waals surface area (Å²) in [4.78, 5) is 20.8. The van der Waals surface area contributed by atoms with Gasteiger partial charge >= 0.3 is 0 Å². The summed E-state index contributed by atoms with van der Waals surface area (Å²) in [5.41, 5.74) is 8.14. The number of aliphatic hydroxyl groups is 1. The first kappa shape index (κ1) is 22.7. The Morgan fingerprint density at radius 3 is 2.56 bits per heavy atom. The Labute approximate surface area is 199 Å². The standard InChI is InChI=1S/C26H33N5O3/c1-25(2,34)15-29-16-26(17-29)7-11-30(12-8-26)21-5-9-28-24-19(21)6-10-31(24)14-18-3-4-20(23(27)33)22(32)13-18/h3-6,9-10,13,32,34H,7-8,11-12,14-17H2,1-2H3,(H2,27,33). The van der Waals surface area contributed by atoms with E-state index in [-0.39, 0.29) is 11.3 Å². The molecule has 0 radical (unpaired) electrons. The lowest BCUT2D eigenvalue weighted by molar-refractivity contribution is -0.0642. The maximum Gasteiger partial charge on any atom is 0.252 e. The second-order valence-electron chi connectivity index (χ2n) is 10.7. The van der Waals surface area contributed by atoms with Crippen molar-refractivity contribution in [3.8, 4) is 5.75 Å². The topological polar surface area (TPSA) is 108 Å². The number of primary amides is 1. The number of piperidine rings is 1. The largest absolute Gasteiger partial charge is 0.507 e. The number of β-amino-alcohol motifs (C(OH)–C–C–N with tert-alkyl or cyclic N) is 1. The van der Waals surface area contributed by atoms with E-state index in [4.69, 9.17) is 5.73 Å². The average molecular weight is 464 g/mol. The Balaban J connectivity index is 1.28. The predicted molar refractivity (Wildman–Crippen MR) is 132 cm³/mol. The van der Waals surface area contributed by atoms with Crippen LogP contribution in [0.3, 0.4) is 0 Å². The van der Waals surface area contributed by atoms with Gasteiger partial charge in [-0.25, -0.2) is 4.98 Å². The Bertz CT molecular complexity index is 1210. The van der Waals surface area contributed by atoms with Crippen LogP contribution in [0.25, 0.3) is 11.0 Å². The normalized spacial score (nSPS) is 18.4. The van der Waals surface area contributed by atoms with E-state index < -0.39 is 11.5 Å². The number of carbonyl (C=O) groups is 1. The van der Waals surface area contributed by atoms with Gasteiger partial charge in [-0.2, -0.15) is 0 Å². The van der Waals surface area contributed by atoms with E-state index >= 15 is 0 Å². The van der Waals surface area contributed by atoms with Gasteiger partial charge in [-0.15, -0.1) is 0 Å². The minimum atomic E-state index is -0.642. The van der Waals surface area contributed by atoms with Gasteiger partial charge < -0.3 is 25.4 Å². The number of likely N-dealkylation sites (tertiary alicyclic amines) is 1. The molecule has 1 aromatic carbocycles. The second kappa shape index (κ2) is 8.29. The number of rotatable bonds is 6.